The third-order valence-electron chi connectivity index (χ3n) is 5.22. The van der Waals surface area contributed by atoms with Crippen molar-refractivity contribution in [3.05, 3.63) is 41.3 Å². The van der Waals surface area contributed by atoms with E-state index in [0.29, 0.717) is 18.8 Å². The van der Waals surface area contributed by atoms with Crippen LogP contribution in [-0.4, -0.2) is 75.2 Å². The molecule has 1 aliphatic rings. The van der Waals surface area contributed by atoms with E-state index in [-0.39, 0.29) is 46.0 Å². The highest BCUT2D eigenvalue weighted by Gasteiger charge is 2.33. The quantitative estimate of drug-likeness (QED) is 0.649. The van der Waals surface area contributed by atoms with Crippen LogP contribution in [0.5, 0.6) is 5.75 Å². The van der Waals surface area contributed by atoms with Crippen molar-refractivity contribution in [1.82, 2.24) is 9.80 Å². The molecular formula is C21H29N3O5S2. The Morgan fingerprint density at radius 2 is 2.10 bits per heavy atom. The molecule has 3 rings (SSSR count). The molecule has 2 N–H and O–H groups in total. The molecule has 8 nitrogen and oxygen atoms in total. The number of rotatable bonds is 7. The average molecular weight is 468 g/mol. The van der Waals surface area contributed by atoms with Gasteiger partial charge in [-0.25, -0.2) is 8.42 Å². The smallest absolute Gasteiger partial charge is 0.271 e. The summed E-state index contributed by atoms with van der Waals surface area (Å²) in [6.07, 6.45) is -0.177. The molecule has 0 aliphatic carbocycles. The molecule has 1 aromatic heterocycles. The van der Waals surface area contributed by atoms with Gasteiger partial charge in [-0.15, -0.1) is 11.3 Å². The molecule has 2 heterocycles. The summed E-state index contributed by atoms with van der Waals surface area (Å²) in [6.45, 7) is 4.72. The predicted molar refractivity (Wildman–Crippen MR) is 121 cm³/mol. The highest BCUT2D eigenvalue weighted by molar-refractivity contribution is 7.94. The second-order valence-electron chi connectivity index (χ2n) is 8.13. The van der Waals surface area contributed by atoms with Crippen molar-refractivity contribution in [2.24, 2.45) is 5.92 Å². The number of amides is 1. The summed E-state index contributed by atoms with van der Waals surface area (Å²) >= 11 is 1.12. The van der Waals surface area contributed by atoms with Crippen molar-refractivity contribution in [2.45, 2.75) is 30.2 Å². The Balaban J connectivity index is 2.00. The molecule has 0 saturated carbocycles. The van der Waals surface area contributed by atoms with E-state index < -0.39 is 10.0 Å². The van der Waals surface area contributed by atoms with Gasteiger partial charge >= 0.3 is 0 Å². The molecule has 1 aromatic carbocycles. The number of ether oxygens (including phenoxy) is 1. The highest BCUT2D eigenvalue weighted by Crippen LogP contribution is 2.31. The van der Waals surface area contributed by atoms with Gasteiger partial charge in [0.05, 0.1) is 18.2 Å². The van der Waals surface area contributed by atoms with Crippen LogP contribution in [-0.2, 0) is 10.0 Å². The zero-order valence-corrected chi connectivity index (χ0v) is 19.7. The van der Waals surface area contributed by atoms with E-state index in [1.807, 2.05) is 25.9 Å². The number of carbonyl (C=O) groups excluding carboxylic acids is 1. The number of thiophene rings is 1. The number of benzene rings is 1. The van der Waals surface area contributed by atoms with Gasteiger partial charge in [0.1, 0.15) is 16.1 Å². The van der Waals surface area contributed by atoms with Crippen LogP contribution in [0.3, 0.4) is 0 Å². The third kappa shape index (κ3) is 5.38. The first-order chi connectivity index (χ1) is 14.6. The molecule has 10 heteroatoms. The summed E-state index contributed by atoms with van der Waals surface area (Å²) in [7, 11) is 0.168. The molecule has 0 bridgehead atoms. The topological polar surface area (TPSA) is 99.2 Å². The van der Waals surface area contributed by atoms with Crippen molar-refractivity contribution in [1.29, 1.82) is 0 Å². The normalized spacial score (nSPS) is 20.6. The number of sulfonamides is 1. The Morgan fingerprint density at radius 3 is 2.71 bits per heavy atom. The summed E-state index contributed by atoms with van der Waals surface area (Å²) in [5.41, 5.74) is 0.542. The maximum Gasteiger partial charge on any atom is 0.271 e. The van der Waals surface area contributed by atoms with Crippen LogP contribution in [0.4, 0.5) is 5.69 Å². The first-order valence-corrected chi connectivity index (χ1v) is 12.4. The zero-order valence-electron chi connectivity index (χ0n) is 18.1. The molecule has 0 spiro atoms. The number of likely N-dealkylation sites (N-methyl/N-ethyl adjacent to an activating group) is 1. The predicted octanol–water partition coefficient (Wildman–Crippen LogP) is 2.33. The molecule has 1 aliphatic heterocycles. The van der Waals surface area contributed by atoms with Crippen LogP contribution in [0.25, 0.3) is 0 Å². The van der Waals surface area contributed by atoms with Crippen LogP contribution in [0.1, 0.15) is 24.2 Å². The largest absolute Gasteiger partial charge is 0.488 e. The maximum atomic E-state index is 13.4. The fraction of sp³-hybridized carbons (Fsp3) is 0.476. The Labute approximate surface area is 187 Å². The molecule has 0 unspecified atom stereocenters. The van der Waals surface area contributed by atoms with Crippen LogP contribution in [0, 0.1) is 5.92 Å². The number of nitrogens with zero attached hydrogens (tertiary/aromatic N) is 2. The van der Waals surface area contributed by atoms with Crippen molar-refractivity contribution < 1.29 is 23.1 Å². The number of anilines is 1. The second kappa shape index (κ2) is 9.56. The lowest BCUT2D eigenvalue weighted by molar-refractivity contribution is 0.0363. The number of nitrogens with one attached hydrogen (secondary N) is 1. The molecule has 0 radical (unpaired) electrons. The summed E-state index contributed by atoms with van der Waals surface area (Å²) in [4.78, 5) is 17.0. The van der Waals surface area contributed by atoms with Crippen molar-refractivity contribution in [2.75, 3.05) is 38.5 Å². The lowest BCUT2D eigenvalue weighted by Crippen LogP contribution is -2.49. The Hall–Kier alpha value is -2.14. The SMILES string of the molecule is C[C@H]1CN([C@@H](C)CO)C(=O)c2cc(NS(=O)(=O)c3cccs3)ccc2O[C@@H]1CN(C)C. The highest BCUT2D eigenvalue weighted by atomic mass is 32.2. The van der Waals surface area contributed by atoms with Crippen molar-refractivity contribution in [3.63, 3.8) is 0 Å². The van der Waals surface area contributed by atoms with Crippen molar-refractivity contribution >= 4 is 33.0 Å². The van der Waals surface area contributed by atoms with Crippen LogP contribution in [0.15, 0.2) is 39.9 Å². The zero-order chi connectivity index (χ0) is 22.8. The maximum absolute atomic E-state index is 13.4. The van der Waals surface area contributed by atoms with Gasteiger partial charge in [0.25, 0.3) is 15.9 Å². The Bertz CT molecular complexity index is 1010. The lowest BCUT2D eigenvalue weighted by Gasteiger charge is -2.37. The van der Waals surface area contributed by atoms with E-state index in [9.17, 15) is 18.3 Å². The molecule has 3 atom stereocenters. The molecule has 0 saturated heterocycles. The van der Waals surface area contributed by atoms with E-state index in [1.165, 1.54) is 12.1 Å². The summed E-state index contributed by atoms with van der Waals surface area (Å²) in [6, 6.07) is 7.53. The van der Waals surface area contributed by atoms with Gasteiger partial charge in [0, 0.05) is 24.7 Å². The van der Waals surface area contributed by atoms with E-state index in [2.05, 4.69) is 4.72 Å². The number of aliphatic hydroxyl groups excluding tert-OH is 1. The summed E-state index contributed by atoms with van der Waals surface area (Å²) < 4.78 is 34.2. The van der Waals surface area contributed by atoms with Gasteiger partial charge in [-0.3, -0.25) is 9.52 Å². The van der Waals surface area contributed by atoms with E-state index in [1.54, 1.807) is 35.4 Å². The molecule has 31 heavy (non-hydrogen) atoms. The minimum atomic E-state index is -3.74. The molecule has 2 aromatic rings. The van der Waals surface area contributed by atoms with Crippen LogP contribution in [0.2, 0.25) is 0 Å². The number of aliphatic hydroxyl groups is 1. The van der Waals surface area contributed by atoms with Gasteiger partial charge in [0.2, 0.25) is 0 Å². The van der Waals surface area contributed by atoms with Gasteiger partial charge in [0.15, 0.2) is 0 Å². The van der Waals surface area contributed by atoms with E-state index >= 15 is 0 Å². The van der Waals surface area contributed by atoms with Gasteiger partial charge in [-0.1, -0.05) is 13.0 Å². The third-order valence-corrected chi connectivity index (χ3v) is 8.00. The van der Waals surface area contributed by atoms with Crippen molar-refractivity contribution in [3.8, 4) is 5.75 Å². The number of fused-ring (bicyclic) bond motifs is 1. The number of carbonyl (C=O) groups is 1. The van der Waals surface area contributed by atoms with Gasteiger partial charge < -0.3 is 19.6 Å². The van der Waals surface area contributed by atoms with Gasteiger partial charge in [-0.2, -0.15) is 0 Å². The number of hydrogen-bond acceptors (Lipinski definition) is 7. The van der Waals surface area contributed by atoms with Crippen LogP contribution < -0.4 is 9.46 Å². The molecular weight excluding hydrogens is 438 g/mol. The monoisotopic (exact) mass is 467 g/mol. The van der Waals surface area contributed by atoms with E-state index in [4.69, 9.17) is 4.74 Å². The molecule has 170 valence electrons. The van der Waals surface area contributed by atoms with Crippen LogP contribution >= 0.6 is 11.3 Å². The van der Waals surface area contributed by atoms with Gasteiger partial charge in [-0.05, 0) is 50.7 Å². The Kier molecular flexibility index (Phi) is 7.25. The minimum Gasteiger partial charge on any atom is -0.488 e. The van der Waals surface area contributed by atoms with E-state index in [0.717, 1.165) is 11.3 Å². The lowest BCUT2D eigenvalue weighted by atomic mass is 9.99. The number of hydrogen-bond donors (Lipinski definition) is 2. The first-order valence-electron chi connectivity index (χ1n) is 10.1. The summed E-state index contributed by atoms with van der Waals surface area (Å²) in [5.74, 6) is 0.131. The summed E-state index contributed by atoms with van der Waals surface area (Å²) in [5, 5.41) is 11.4. The second-order valence-corrected chi connectivity index (χ2v) is 11.0. The minimum absolute atomic E-state index is 0.0329. The standard InChI is InChI=1S/C21H29N3O5S2/c1-14-11-24(15(2)13-25)21(26)17-10-16(22-31(27,28)20-6-5-9-30-20)7-8-18(17)29-19(14)12-23(3)4/h5-10,14-15,19,22,25H,11-13H2,1-4H3/t14-,15-,19+/m0/s1. The fourth-order valence-electron chi connectivity index (χ4n) is 3.49. The Morgan fingerprint density at radius 1 is 1.35 bits per heavy atom. The fourth-order valence-corrected chi connectivity index (χ4v) is 5.53. The molecule has 0 fully saturated rings. The first kappa shape index (κ1) is 23.5. The molecule has 1 amide bonds. The average Bonchev–Trinajstić information content (AvgIpc) is 3.26.